The molecule has 22 heavy (non-hydrogen) atoms. The maximum Gasteiger partial charge on any atom is 0.265 e. The van der Waals surface area contributed by atoms with E-state index >= 15 is 0 Å². The van der Waals surface area contributed by atoms with Gasteiger partial charge < -0.3 is 15.4 Å². The van der Waals surface area contributed by atoms with Gasteiger partial charge in [0.25, 0.3) is 5.91 Å². The third-order valence-corrected chi connectivity index (χ3v) is 4.13. The van der Waals surface area contributed by atoms with Crippen LogP contribution >= 0.6 is 11.3 Å². The molecule has 1 heterocycles. The van der Waals surface area contributed by atoms with Crippen LogP contribution in [0.4, 0.5) is 0 Å². The molecular weight excluding hydrogens is 300 g/mol. The molecule has 6 heteroatoms. The van der Waals surface area contributed by atoms with Crippen molar-refractivity contribution >= 4 is 23.2 Å². The summed E-state index contributed by atoms with van der Waals surface area (Å²) in [5.41, 5.74) is 1.04. The van der Waals surface area contributed by atoms with E-state index in [1.165, 1.54) is 18.3 Å². The van der Waals surface area contributed by atoms with Gasteiger partial charge in [-0.05, 0) is 11.6 Å². The predicted octanol–water partition coefficient (Wildman–Crippen LogP) is 2.29. The summed E-state index contributed by atoms with van der Waals surface area (Å²) in [4.78, 5) is 24.5. The Morgan fingerprint density at radius 2 is 1.82 bits per heavy atom. The first-order valence-electron chi connectivity index (χ1n) is 6.87. The molecule has 1 aromatic heterocycles. The Balaban J connectivity index is 2.08. The van der Waals surface area contributed by atoms with E-state index in [1.54, 1.807) is 7.11 Å². The van der Waals surface area contributed by atoms with Crippen molar-refractivity contribution in [3.8, 4) is 16.2 Å². The van der Waals surface area contributed by atoms with Crippen LogP contribution in [0.25, 0.3) is 10.4 Å². The zero-order valence-corrected chi connectivity index (χ0v) is 13.3. The molecule has 5 nitrogen and oxygen atoms in total. The van der Waals surface area contributed by atoms with Crippen LogP contribution < -0.4 is 15.4 Å². The van der Waals surface area contributed by atoms with Crippen molar-refractivity contribution in [2.24, 2.45) is 0 Å². The minimum atomic E-state index is -0.200. The first kappa shape index (κ1) is 16.0. The lowest BCUT2D eigenvalue weighted by molar-refractivity contribution is -0.118. The summed E-state index contributed by atoms with van der Waals surface area (Å²) in [6.45, 7) is 2.22. The molecule has 0 atom stereocenters. The molecule has 2 aromatic rings. The van der Waals surface area contributed by atoms with Gasteiger partial charge in [-0.1, -0.05) is 30.3 Å². The molecule has 2 amide bonds. The zero-order valence-electron chi connectivity index (χ0n) is 12.5. The van der Waals surface area contributed by atoms with Gasteiger partial charge in [-0.15, -0.1) is 11.3 Å². The fourth-order valence-corrected chi connectivity index (χ4v) is 2.97. The van der Waals surface area contributed by atoms with Crippen molar-refractivity contribution < 1.29 is 14.3 Å². The van der Waals surface area contributed by atoms with Crippen molar-refractivity contribution in [1.82, 2.24) is 10.6 Å². The Labute approximate surface area is 133 Å². The topological polar surface area (TPSA) is 67.4 Å². The Morgan fingerprint density at radius 3 is 2.45 bits per heavy atom. The van der Waals surface area contributed by atoms with Crippen molar-refractivity contribution in [3.05, 3.63) is 41.3 Å². The minimum Gasteiger partial charge on any atom is -0.495 e. The van der Waals surface area contributed by atoms with Crippen LogP contribution in [-0.2, 0) is 4.79 Å². The van der Waals surface area contributed by atoms with E-state index in [9.17, 15) is 9.59 Å². The van der Waals surface area contributed by atoms with E-state index in [0.717, 1.165) is 10.4 Å². The molecule has 0 aliphatic carbocycles. The minimum absolute atomic E-state index is 0.116. The van der Waals surface area contributed by atoms with Gasteiger partial charge in [0, 0.05) is 24.9 Å². The van der Waals surface area contributed by atoms with Crippen LogP contribution in [0.1, 0.15) is 16.6 Å². The van der Waals surface area contributed by atoms with Gasteiger partial charge in [0.15, 0.2) is 0 Å². The number of carbonyl (C=O) groups excluding carboxylic acids is 2. The molecule has 116 valence electrons. The second kappa shape index (κ2) is 7.61. The number of hydrogen-bond donors (Lipinski definition) is 2. The predicted molar refractivity (Wildman–Crippen MR) is 87.3 cm³/mol. The summed E-state index contributed by atoms with van der Waals surface area (Å²) in [5, 5.41) is 5.40. The van der Waals surface area contributed by atoms with Crippen LogP contribution in [0.5, 0.6) is 5.75 Å². The lowest BCUT2D eigenvalue weighted by Gasteiger charge is -2.05. The fraction of sp³-hybridized carbons (Fsp3) is 0.250. The van der Waals surface area contributed by atoms with Crippen LogP contribution in [0.15, 0.2) is 36.4 Å². The van der Waals surface area contributed by atoms with E-state index in [-0.39, 0.29) is 11.8 Å². The second-order valence-electron chi connectivity index (χ2n) is 4.61. The Kier molecular flexibility index (Phi) is 5.55. The first-order chi connectivity index (χ1) is 10.6. The molecule has 0 radical (unpaired) electrons. The van der Waals surface area contributed by atoms with Gasteiger partial charge in [0.05, 0.1) is 7.11 Å². The molecule has 0 saturated carbocycles. The maximum atomic E-state index is 12.2. The molecule has 0 spiro atoms. The van der Waals surface area contributed by atoms with Gasteiger partial charge in [-0.2, -0.15) is 0 Å². The zero-order chi connectivity index (χ0) is 15.9. The molecular formula is C16H18N2O3S. The number of benzene rings is 1. The van der Waals surface area contributed by atoms with Gasteiger partial charge in [0.1, 0.15) is 10.6 Å². The van der Waals surface area contributed by atoms with Gasteiger partial charge in [-0.25, -0.2) is 0 Å². The number of ether oxygens (including phenoxy) is 1. The van der Waals surface area contributed by atoms with Gasteiger partial charge in [0.2, 0.25) is 5.91 Å². The van der Waals surface area contributed by atoms with E-state index in [2.05, 4.69) is 10.6 Å². The van der Waals surface area contributed by atoms with E-state index in [4.69, 9.17) is 4.74 Å². The molecule has 0 aliphatic heterocycles. The number of amides is 2. The number of nitrogens with one attached hydrogen (secondary N) is 2. The smallest absolute Gasteiger partial charge is 0.265 e. The normalized spacial score (nSPS) is 10.1. The van der Waals surface area contributed by atoms with Gasteiger partial charge >= 0.3 is 0 Å². The number of carbonyl (C=O) groups is 2. The highest BCUT2D eigenvalue weighted by Gasteiger charge is 2.17. The molecule has 0 saturated heterocycles. The third kappa shape index (κ3) is 4.08. The fourth-order valence-electron chi connectivity index (χ4n) is 1.92. The molecule has 2 N–H and O–H groups in total. The second-order valence-corrected chi connectivity index (χ2v) is 5.67. The Morgan fingerprint density at radius 1 is 1.14 bits per heavy atom. The molecule has 1 aromatic carbocycles. The lowest BCUT2D eigenvalue weighted by atomic mass is 10.2. The molecule has 0 bridgehead atoms. The average Bonchev–Trinajstić information content (AvgIpc) is 2.96. The lowest BCUT2D eigenvalue weighted by Crippen LogP contribution is -2.33. The largest absolute Gasteiger partial charge is 0.495 e. The molecule has 0 aliphatic rings. The summed E-state index contributed by atoms with van der Waals surface area (Å²) in [7, 11) is 1.55. The number of hydrogen-bond acceptors (Lipinski definition) is 4. The number of rotatable bonds is 6. The summed E-state index contributed by atoms with van der Waals surface area (Å²) in [5.74, 6) is 0.240. The number of methoxy groups -OCH3 is 1. The average molecular weight is 318 g/mol. The molecule has 2 rings (SSSR count). The first-order valence-corrected chi connectivity index (χ1v) is 7.69. The quantitative estimate of drug-likeness (QED) is 0.803. The van der Waals surface area contributed by atoms with Crippen LogP contribution in [-0.4, -0.2) is 32.0 Å². The summed E-state index contributed by atoms with van der Waals surface area (Å²) in [6, 6.07) is 11.7. The highest BCUT2D eigenvalue weighted by atomic mass is 32.1. The highest BCUT2D eigenvalue weighted by Crippen LogP contribution is 2.35. The summed E-state index contributed by atoms with van der Waals surface area (Å²) >= 11 is 1.39. The molecule has 0 unspecified atom stereocenters. The summed E-state index contributed by atoms with van der Waals surface area (Å²) < 4.78 is 5.29. The van der Waals surface area contributed by atoms with Crippen LogP contribution in [0, 0.1) is 0 Å². The van der Waals surface area contributed by atoms with E-state index < -0.39 is 0 Å². The standard InChI is InChI=1S/C16H18N2O3S/c1-11(19)17-8-9-18-16(20)15-13(21-2)10-14(22-15)12-6-4-3-5-7-12/h3-7,10H,8-9H2,1-2H3,(H,17,19)(H,18,20). The van der Waals surface area contributed by atoms with Crippen LogP contribution in [0.2, 0.25) is 0 Å². The Hall–Kier alpha value is -2.34. The van der Waals surface area contributed by atoms with Crippen molar-refractivity contribution in [1.29, 1.82) is 0 Å². The third-order valence-electron chi connectivity index (χ3n) is 2.97. The SMILES string of the molecule is COc1cc(-c2ccccc2)sc1C(=O)NCCNC(C)=O. The molecule has 0 fully saturated rings. The van der Waals surface area contributed by atoms with Crippen molar-refractivity contribution in [2.75, 3.05) is 20.2 Å². The van der Waals surface area contributed by atoms with Crippen molar-refractivity contribution in [3.63, 3.8) is 0 Å². The Bertz CT molecular complexity index is 653. The van der Waals surface area contributed by atoms with E-state index in [0.29, 0.717) is 23.7 Å². The van der Waals surface area contributed by atoms with Crippen LogP contribution in [0.3, 0.4) is 0 Å². The maximum absolute atomic E-state index is 12.2. The van der Waals surface area contributed by atoms with E-state index in [1.807, 2.05) is 36.4 Å². The van der Waals surface area contributed by atoms with Crippen molar-refractivity contribution in [2.45, 2.75) is 6.92 Å². The number of thiophene rings is 1. The highest BCUT2D eigenvalue weighted by molar-refractivity contribution is 7.17. The van der Waals surface area contributed by atoms with Gasteiger partial charge in [-0.3, -0.25) is 9.59 Å². The summed E-state index contributed by atoms with van der Waals surface area (Å²) in [6.07, 6.45) is 0. The monoisotopic (exact) mass is 318 g/mol.